The van der Waals surface area contributed by atoms with Crippen LogP contribution in [0.2, 0.25) is 4.34 Å². The largest absolute Gasteiger partial charge is 0.418 e. The van der Waals surface area contributed by atoms with Crippen molar-refractivity contribution in [2.45, 2.75) is 19.5 Å². The Kier molecular flexibility index (Phi) is 5.19. The summed E-state index contributed by atoms with van der Waals surface area (Å²) in [6.07, 6.45) is 0. The van der Waals surface area contributed by atoms with Gasteiger partial charge in [0, 0.05) is 37.6 Å². The highest BCUT2D eigenvalue weighted by Crippen LogP contribution is 2.28. The van der Waals surface area contributed by atoms with Gasteiger partial charge < -0.3 is 4.42 Å². The van der Waals surface area contributed by atoms with Crippen molar-refractivity contribution in [3.63, 3.8) is 0 Å². The average Bonchev–Trinajstić information content (AvgIpc) is 3.36. The van der Waals surface area contributed by atoms with E-state index in [2.05, 4.69) is 33.0 Å². The molecule has 0 saturated carbocycles. The van der Waals surface area contributed by atoms with E-state index in [1.54, 1.807) is 22.7 Å². The molecule has 5 nitrogen and oxygen atoms in total. The smallest absolute Gasteiger partial charge is 0.257 e. The third-order valence-electron chi connectivity index (χ3n) is 4.49. The Balaban J connectivity index is 1.34. The molecule has 0 amide bonds. The molecule has 25 heavy (non-hydrogen) atoms. The van der Waals surface area contributed by atoms with Gasteiger partial charge in [0.05, 0.1) is 15.3 Å². The van der Waals surface area contributed by atoms with Crippen molar-refractivity contribution < 1.29 is 4.42 Å². The zero-order valence-electron chi connectivity index (χ0n) is 13.9. The Hall–Kier alpha value is -1.25. The topological polar surface area (TPSA) is 45.4 Å². The summed E-state index contributed by atoms with van der Waals surface area (Å²) in [5.74, 6) is 1.31. The Morgan fingerprint density at radius 2 is 2.04 bits per heavy atom. The van der Waals surface area contributed by atoms with Gasteiger partial charge in [-0.3, -0.25) is 9.80 Å². The Morgan fingerprint density at radius 1 is 1.20 bits per heavy atom. The maximum absolute atomic E-state index is 6.02. The lowest BCUT2D eigenvalue weighted by molar-refractivity contribution is 0.0882. The minimum Gasteiger partial charge on any atom is -0.418 e. The standard InChI is InChI=1S/C17H19ClN4OS2/c1-12(16-19-20-17(23-16)14-3-2-10-24-14)22-8-6-21(7-9-22)11-13-4-5-15(18)25-13/h2-5,10,12H,6-9,11H2,1H3/t12-/m0/s1. The first-order valence-corrected chi connectivity index (χ1v) is 10.3. The SMILES string of the molecule is C[C@@H](c1nnc(-c2cccs2)o1)N1CCN(Cc2ccc(Cl)s2)CC1. The maximum atomic E-state index is 6.02. The number of hydrogen-bond donors (Lipinski definition) is 0. The zero-order valence-corrected chi connectivity index (χ0v) is 16.3. The minimum atomic E-state index is 0.138. The van der Waals surface area contributed by atoms with Crippen LogP contribution in [0.5, 0.6) is 0 Å². The van der Waals surface area contributed by atoms with Crippen molar-refractivity contribution in [3.8, 4) is 10.8 Å². The summed E-state index contributed by atoms with van der Waals surface area (Å²) in [7, 11) is 0. The molecular weight excluding hydrogens is 376 g/mol. The Labute approximate surface area is 159 Å². The van der Waals surface area contributed by atoms with Gasteiger partial charge in [-0.25, -0.2) is 0 Å². The van der Waals surface area contributed by atoms with Gasteiger partial charge in [-0.1, -0.05) is 17.7 Å². The molecule has 4 rings (SSSR count). The lowest BCUT2D eigenvalue weighted by Crippen LogP contribution is -2.46. The quantitative estimate of drug-likeness (QED) is 0.642. The van der Waals surface area contributed by atoms with Gasteiger partial charge >= 0.3 is 0 Å². The molecule has 0 N–H and O–H groups in total. The third kappa shape index (κ3) is 3.96. The Morgan fingerprint density at radius 3 is 2.72 bits per heavy atom. The molecule has 1 aliphatic heterocycles. The molecule has 4 heterocycles. The molecule has 0 spiro atoms. The zero-order chi connectivity index (χ0) is 17.2. The molecule has 0 radical (unpaired) electrons. The van der Waals surface area contributed by atoms with Crippen LogP contribution in [0.1, 0.15) is 23.7 Å². The van der Waals surface area contributed by atoms with Crippen molar-refractivity contribution in [1.82, 2.24) is 20.0 Å². The number of aromatic nitrogens is 2. The third-order valence-corrected chi connectivity index (χ3v) is 6.57. The summed E-state index contributed by atoms with van der Waals surface area (Å²) >= 11 is 9.30. The fraction of sp³-hybridized carbons (Fsp3) is 0.412. The summed E-state index contributed by atoms with van der Waals surface area (Å²) in [6.45, 7) is 7.18. The summed E-state index contributed by atoms with van der Waals surface area (Å²) in [4.78, 5) is 7.22. The molecule has 0 aromatic carbocycles. The fourth-order valence-corrected chi connectivity index (χ4v) is 4.80. The highest BCUT2D eigenvalue weighted by molar-refractivity contribution is 7.16. The van der Waals surface area contributed by atoms with Crippen LogP contribution < -0.4 is 0 Å². The van der Waals surface area contributed by atoms with Gasteiger partial charge in [0.2, 0.25) is 5.89 Å². The van der Waals surface area contributed by atoms with Gasteiger partial charge in [0.25, 0.3) is 5.89 Å². The fourth-order valence-electron chi connectivity index (χ4n) is 3.03. The monoisotopic (exact) mass is 394 g/mol. The second-order valence-corrected chi connectivity index (χ2v) is 8.86. The molecule has 1 aliphatic rings. The van der Waals surface area contributed by atoms with Crippen molar-refractivity contribution >= 4 is 34.3 Å². The summed E-state index contributed by atoms with van der Waals surface area (Å²) < 4.78 is 6.75. The molecule has 1 saturated heterocycles. The van der Waals surface area contributed by atoms with Crippen LogP contribution in [0.15, 0.2) is 34.1 Å². The predicted molar refractivity (Wildman–Crippen MR) is 102 cm³/mol. The van der Waals surface area contributed by atoms with E-state index in [0.29, 0.717) is 11.8 Å². The molecule has 0 aliphatic carbocycles. The van der Waals surface area contributed by atoms with Crippen molar-refractivity contribution in [2.75, 3.05) is 26.2 Å². The number of piperazine rings is 1. The van der Waals surface area contributed by atoms with E-state index in [0.717, 1.165) is 41.9 Å². The Bertz CT molecular complexity index is 808. The molecule has 3 aromatic rings. The first-order valence-electron chi connectivity index (χ1n) is 8.27. The number of halogens is 1. The van der Waals surface area contributed by atoms with E-state index in [1.165, 1.54) is 4.88 Å². The number of nitrogens with zero attached hydrogens (tertiary/aromatic N) is 4. The van der Waals surface area contributed by atoms with Crippen LogP contribution in [0.3, 0.4) is 0 Å². The van der Waals surface area contributed by atoms with E-state index in [-0.39, 0.29) is 6.04 Å². The first-order chi connectivity index (χ1) is 12.2. The lowest BCUT2D eigenvalue weighted by Gasteiger charge is -2.36. The molecule has 1 fully saturated rings. The minimum absolute atomic E-state index is 0.138. The summed E-state index contributed by atoms with van der Waals surface area (Å²) in [6, 6.07) is 8.22. The molecule has 0 unspecified atom stereocenters. The van der Waals surface area contributed by atoms with Crippen LogP contribution in [0.4, 0.5) is 0 Å². The first kappa shape index (κ1) is 17.2. The van der Waals surface area contributed by atoms with Gasteiger partial charge in [0.1, 0.15) is 0 Å². The van der Waals surface area contributed by atoms with Crippen molar-refractivity contribution in [2.24, 2.45) is 0 Å². The molecule has 132 valence electrons. The molecule has 0 bridgehead atoms. The lowest BCUT2D eigenvalue weighted by atomic mass is 10.2. The maximum Gasteiger partial charge on any atom is 0.257 e. The summed E-state index contributed by atoms with van der Waals surface area (Å²) in [5, 5.41) is 10.5. The number of thiophene rings is 2. The van der Waals surface area contributed by atoms with Gasteiger partial charge in [0.15, 0.2) is 0 Å². The normalized spacial score (nSPS) is 17.8. The van der Waals surface area contributed by atoms with Crippen LogP contribution in [0, 0.1) is 0 Å². The average molecular weight is 395 g/mol. The van der Waals surface area contributed by atoms with Gasteiger partial charge in [-0.05, 0) is 30.5 Å². The highest BCUT2D eigenvalue weighted by atomic mass is 35.5. The van der Waals surface area contributed by atoms with Gasteiger partial charge in [-0.15, -0.1) is 32.9 Å². The van der Waals surface area contributed by atoms with Crippen molar-refractivity contribution in [1.29, 1.82) is 0 Å². The number of rotatable bonds is 5. The second-order valence-electron chi connectivity index (χ2n) is 6.12. The van der Waals surface area contributed by atoms with Gasteiger partial charge in [-0.2, -0.15) is 0 Å². The molecule has 3 aromatic heterocycles. The van der Waals surface area contributed by atoms with Crippen molar-refractivity contribution in [3.05, 3.63) is 44.7 Å². The van der Waals surface area contributed by atoms with E-state index in [1.807, 2.05) is 23.6 Å². The van der Waals surface area contributed by atoms with Crippen LogP contribution >= 0.6 is 34.3 Å². The second kappa shape index (κ2) is 7.55. The summed E-state index contributed by atoms with van der Waals surface area (Å²) in [5.41, 5.74) is 0. The molecular formula is C17H19ClN4OS2. The van der Waals surface area contributed by atoms with Crippen LogP contribution in [-0.2, 0) is 6.54 Å². The van der Waals surface area contributed by atoms with Crippen LogP contribution in [-0.4, -0.2) is 46.2 Å². The van der Waals surface area contributed by atoms with E-state index >= 15 is 0 Å². The molecule has 8 heteroatoms. The number of hydrogen-bond acceptors (Lipinski definition) is 7. The molecule has 1 atom stereocenters. The van der Waals surface area contributed by atoms with E-state index in [9.17, 15) is 0 Å². The van der Waals surface area contributed by atoms with Crippen LogP contribution in [0.25, 0.3) is 10.8 Å². The highest BCUT2D eigenvalue weighted by Gasteiger charge is 2.26. The predicted octanol–water partition coefficient (Wildman–Crippen LogP) is 4.39. The van der Waals surface area contributed by atoms with E-state index in [4.69, 9.17) is 16.0 Å². The van der Waals surface area contributed by atoms with E-state index < -0.39 is 0 Å².